The summed E-state index contributed by atoms with van der Waals surface area (Å²) in [6, 6.07) is 5.80. The molecule has 4 heteroatoms. The van der Waals surface area contributed by atoms with E-state index in [1.807, 2.05) is 31.3 Å². The SMILES string of the molecule is CCOC(=O)C1CCCc2cnc3ccc(OC)cc3c21. The molecule has 1 aromatic heterocycles. The van der Waals surface area contributed by atoms with Crippen molar-refractivity contribution in [1.29, 1.82) is 0 Å². The molecule has 1 unspecified atom stereocenters. The normalized spacial score (nSPS) is 17.3. The van der Waals surface area contributed by atoms with Gasteiger partial charge in [0, 0.05) is 11.6 Å². The number of carbonyl (C=O) groups is 1. The molecule has 21 heavy (non-hydrogen) atoms. The lowest BCUT2D eigenvalue weighted by Gasteiger charge is -2.25. The summed E-state index contributed by atoms with van der Waals surface area (Å²) in [4.78, 5) is 16.8. The maximum absolute atomic E-state index is 12.3. The number of ether oxygens (including phenoxy) is 2. The number of pyridine rings is 1. The highest BCUT2D eigenvalue weighted by Crippen LogP contribution is 2.37. The Balaban J connectivity index is 2.18. The maximum atomic E-state index is 12.3. The molecule has 0 spiro atoms. The minimum absolute atomic E-state index is 0.131. The van der Waals surface area contributed by atoms with Crippen molar-refractivity contribution in [3.8, 4) is 5.75 Å². The second-order valence-electron chi connectivity index (χ2n) is 5.28. The number of hydrogen-bond donors (Lipinski definition) is 0. The topological polar surface area (TPSA) is 48.4 Å². The van der Waals surface area contributed by atoms with E-state index >= 15 is 0 Å². The van der Waals surface area contributed by atoms with Gasteiger partial charge in [0.1, 0.15) is 5.75 Å². The third kappa shape index (κ3) is 2.46. The molecule has 0 saturated carbocycles. The molecule has 0 amide bonds. The number of benzene rings is 1. The van der Waals surface area contributed by atoms with E-state index in [1.54, 1.807) is 7.11 Å². The summed E-state index contributed by atoms with van der Waals surface area (Å²) >= 11 is 0. The second kappa shape index (κ2) is 5.72. The van der Waals surface area contributed by atoms with E-state index in [-0.39, 0.29) is 11.9 Å². The predicted molar refractivity (Wildman–Crippen MR) is 80.6 cm³/mol. The number of esters is 1. The minimum atomic E-state index is -0.189. The van der Waals surface area contributed by atoms with Gasteiger partial charge in [0.2, 0.25) is 0 Å². The van der Waals surface area contributed by atoms with Crippen molar-refractivity contribution < 1.29 is 14.3 Å². The van der Waals surface area contributed by atoms with Crippen molar-refractivity contribution in [2.45, 2.75) is 32.1 Å². The molecule has 110 valence electrons. The van der Waals surface area contributed by atoms with Gasteiger partial charge >= 0.3 is 5.97 Å². The first kappa shape index (κ1) is 13.9. The van der Waals surface area contributed by atoms with Gasteiger partial charge in [-0.1, -0.05) is 0 Å². The van der Waals surface area contributed by atoms with Gasteiger partial charge < -0.3 is 9.47 Å². The third-order valence-corrected chi connectivity index (χ3v) is 4.06. The fourth-order valence-electron chi connectivity index (χ4n) is 3.09. The van der Waals surface area contributed by atoms with Crippen LogP contribution in [-0.4, -0.2) is 24.7 Å². The standard InChI is InChI=1S/C17H19NO3/c1-3-21-17(19)13-6-4-5-11-10-18-15-8-7-12(20-2)9-14(15)16(11)13/h7-10,13H,3-6H2,1-2H3. The van der Waals surface area contributed by atoms with E-state index in [0.29, 0.717) is 6.61 Å². The van der Waals surface area contributed by atoms with Crippen molar-refractivity contribution in [3.63, 3.8) is 0 Å². The predicted octanol–water partition coefficient (Wildman–Crippen LogP) is 3.23. The van der Waals surface area contributed by atoms with Gasteiger partial charge in [0.25, 0.3) is 0 Å². The van der Waals surface area contributed by atoms with Crippen LogP contribution in [0.2, 0.25) is 0 Å². The summed E-state index contributed by atoms with van der Waals surface area (Å²) < 4.78 is 10.6. The number of rotatable bonds is 3. The number of aryl methyl sites for hydroxylation is 1. The first-order valence-corrected chi connectivity index (χ1v) is 7.36. The van der Waals surface area contributed by atoms with Crippen LogP contribution >= 0.6 is 0 Å². The highest BCUT2D eigenvalue weighted by molar-refractivity contribution is 5.91. The molecule has 1 heterocycles. The Morgan fingerprint density at radius 1 is 1.43 bits per heavy atom. The Hall–Kier alpha value is -2.10. The van der Waals surface area contributed by atoms with Crippen LogP contribution in [-0.2, 0) is 16.0 Å². The summed E-state index contributed by atoms with van der Waals surface area (Å²) in [6.07, 6.45) is 4.69. The lowest BCUT2D eigenvalue weighted by Crippen LogP contribution is -2.21. The second-order valence-corrected chi connectivity index (χ2v) is 5.28. The quantitative estimate of drug-likeness (QED) is 0.812. The average molecular weight is 285 g/mol. The van der Waals surface area contributed by atoms with Crippen LogP contribution in [0, 0.1) is 0 Å². The fourth-order valence-corrected chi connectivity index (χ4v) is 3.09. The van der Waals surface area contributed by atoms with Crippen LogP contribution in [0.15, 0.2) is 24.4 Å². The lowest BCUT2D eigenvalue weighted by atomic mass is 9.81. The molecule has 1 aliphatic rings. The van der Waals surface area contributed by atoms with Gasteiger partial charge in [0.15, 0.2) is 0 Å². The third-order valence-electron chi connectivity index (χ3n) is 4.06. The monoisotopic (exact) mass is 285 g/mol. The largest absolute Gasteiger partial charge is 0.497 e. The van der Waals surface area contributed by atoms with Crippen molar-refractivity contribution in [3.05, 3.63) is 35.5 Å². The number of carbonyl (C=O) groups excluding carboxylic acids is 1. The fraction of sp³-hybridized carbons (Fsp3) is 0.412. The summed E-state index contributed by atoms with van der Waals surface area (Å²) in [6.45, 7) is 2.26. The number of aromatic nitrogens is 1. The van der Waals surface area contributed by atoms with E-state index in [2.05, 4.69) is 4.98 Å². The number of methoxy groups -OCH3 is 1. The molecule has 0 fully saturated rings. The molecule has 1 aromatic carbocycles. The van der Waals surface area contributed by atoms with Crippen LogP contribution in [0.3, 0.4) is 0 Å². The zero-order chi connectivity index (χ0) is 14.8. The summed E-state index contributed by atoms with van der Waals surface area (Å²) in [7, 11) is 1.65. The van der Waals surface area contributed by atoms with E-state index in [1.165, 1.54) is 0 Å². The highest BCUT2D eigenvalue weighted by atomic mass is 16.5. The van der Waals surface area contributed by atoms with Crippen LogP contribution in [0.5, 0.6) is 5.75 Å². The van der Waals surface area contributed by atoms with Crippen LogP contribution < -0.4 is 4.74 Å². The van der Waals surface area contributed by atoms with Crippen molar-refractivity contribution >= 4 is 16.9 Å². The molecule has 2 aromatic rings. The first-order valence-electron chi connectivity index (χ1n) is 7.36. The van der Waals surface area contributed by atoms with E-state index < -0.39 is 0 Å². The molecule has 1 atom stereocenters. The van der Waals surface area contributed by atoms with Gasteiger partial charge in [-0.15, -0.1) is 0 Å². The van der Waals surface area contributed by atoms with Crippen molar-refractivity contribution in [1.82, 2.24) is 4.98 Å². The van der Waals surface area contributed by atoms with Gasteiger partial charge in [-0.2, -0.15) is 0 Å². The Kier molecular flexibility index (Phi) is 3.78. The van der Waals surface area contributed by atoms with Gasteiger partial charge in [0.05, 0.1) is 25.2 Å². The minimum Gasteiger partial charge on any atom is -0.497 e. The highest BCUT2D eigenvalue weighted by Gasteiger charge is 2.29. The summed E-state index contributed by atoms with van der Waals surface area (Å²) in [5.41, 5.74) is 3.12. The van der Waals surface area contributed by atoms with E-state index in [4.69, 9.17) is 9.47 Å². The lowest BCUT2D eigenvalue weighted by molar-refractivity contribution is -0.145. The molecule has 1 aliphatic carbocycles. The molecule has 0 N–H and O–H groups in total. The number of fused-ring (bicyclic) bond motifs is 3. The van der Waals surface area contributed by atoms with Crippen LogP contribution in [0.25, 0.3) is 10.9 Å². The van der Waals surface area contributed by atoms with Crippen LogP contribution in [0.1, 0.15) is 36.8 Å². The van der Waals surface area contributed by atoms with Gasteiger partial charge in [-0.3, -0.25) is 9.78 Å². The summed E-state index contributed by atoms with van der Waals surface area (Å²) in [5.74, 6) is 0.464. The Labute approximate surface area is 124 Å². The first-order chi connectivity index (χ1) is 10.2. The van der Waals surface area contributed by atoms with Crippen molar-refractivity contribution in [2.75, 3.05) is 13.7 Å². The van der Waals surface area contributed by atoms with E-state index in [0.717, 1.165) is 47.0 Å². The van der Waals surface area contributed by atoms with Gasteiger partial charge in [-0.05, 0) is 55.5 Å². The Bertz CT molecular complexity index is 676. The number of nitrogens with zero attached hydrogens (tertiary/aromatic N) is 1. The molecule has 3 rings (SSSR count). The van der Waals surface area contributed by atoms with Crippen LogP contribution in [0.4, 0.5) is 0 Å². The molecular weight excluding hydrogens is 266 g/mol. The Morgan fingerprint density at radius 3 is 3.05 bits per heavy atom. The molecule has 0 saturated heterocycles. The molecule has 0 radical (unpaired) electrons. The smallest absolute Gasteiger partial charge is 0.313 e. The molecule has 0 aliphatic heterocycles. The Morgan fingerprint density at radius 2 is 2.29 bits per heavy atom. The molecule has 4 nitrogen and oxygen atoms in total. The number of hydrogen-bond acceptors (Lipinski definition) is 4. The van der Waals surface area contributed by atoms with E-state index in [9.17, 15) is 4.79 Å². The van der Waals surface area contributed by atoms with Crippen molar-refractivity contribution in [2.24, 2.45) is 0 Å². The molecular formula is C17H19NO3. The zero-order valence-corrected chi connectivity index (χ0v) is 12.4. The van der Waals surface area contributed by atoms with Gasteiger partial charge in [-0.25, -0.2) is 0 Å². The summed E-state index contributed by atoms with van der Waals surface area (Å²) in [5, 5.41) is 1.00. The zero-order valence-electron chi connectivity index (χ0n) is 12.4. The average Bonchev–Trinajstić information content (AvgIpc) is 2.53. The maximum Gasteiger partial charge on any atom is 0.313 e. The molecule has 0 bridgehead atoms.